The van der Waals surface area contributed by atoms with Gasteiger partial charge in [0.1, 0.15) is 0 Å². The molecule has 0 aliphatic carbocycles. The molecule has 4 heteroatoms. The number of nitrogens with one attached hydrogen (secondary N) is 1. The minimum absolute atomic E-state index is 0.690. The Balaban J connectivity index is 3.10. The SMILES string of the molecule is Cc1cc(Cl)cc(Cl)c1CNI. The average molecular weight is 316 g/mol. The van der Waals surface area contributed by atoms with Crippen LogP contribution in [0.2, 0.25) is 10.0 Å². The third-order valence-corrected chi connectivity index (χ3v) is 2.56. The number of rotatable bonds is 2. The van der Waals surface area contributed by atoms with E-state index in [1.807, 2.05) is 13.0 Å². The van der Waals surface area contributed by atoms with Crippen molar-refractivity contribution in [3.63, 3.8) is 0 Å². The molecule has 0 spiro atoms. The zero-order chi connectivity index (χ0) is 9.14. The molecule has 0 unspecified atom stereocenters. The zero-order valence-corrected chi connectivity index (χ0v) is 10.2. The first-order valence-electron chi connectivity index (χ1n) is 3.43. The van der Waals surface area contributed by atoms with E-state index in [1.165, 1.54) is 0 Å². The van der Waals surface area contributed by atoms with E-state index in [4.69, 9.17) is 23.2 Å². The van der Waals surface area contributed by atoms with Crippen LogP contribution in [0.1, 0.15) is 11.1 Å². The summed E-state index contributed by atoms with van der Waals surface area (Å²) in [5.41, 5.74) is 2.23. The normalized spacial score (nSPS) is 10.3. The zero-order valence-electron chi connectivity index (χ0n) is 6.50. The Morgan fingerprint density at radius 2 is 2.08 bits per heavy atom. The first-order valence-corrected chi connectivity index (χ1v) is 5.26. The molecule has 0 aromatic heterocycles. The minimum Gasteiger partial charge on any atom is -0.257 e. The summed E-state index contributed by atoms with van der Waals surface area (Å²) in [6, 6.07) is 3.68. The summed E-state index contributed by atoms with van der Waals surface area (Å²) in [6.45, 7) is 2.77. The van der Waals surface area contributed by atoms with Crippen LogP contribution in [0.4, 0.5) is 0 Å². The van der Waals surface area contributed by atoms with Gasteiger partial charge in [0.2, 0.25) is 0 Å². The van der Waals surface area contributed by atoms with Crippen molar-refractivity contribution in [3.05, 3.63) is 33.3 Å². The van der Waals surface area contributed by atoms with Gasteiger partial charge < -0.3 is 0 Å². The molecule has 0 amide bonds. The van der Waals surface area contributed by atoms with Crippen molar-refractivity contribution in [3.8, 4) is 0 Å². The molecule has 66 valence electrons. The fourth-order valence-electron chi connectivity index (χ4n) is 1.02. The van der Waals surface area contributed by atoms with Gasteiger partial charge in [-0.25, -0.2) is 0 Å². The van der Waals surface area contributed by atoms with Gasteiger partial charge in [-0.15, -0.1) is 0 Å². The van der Waals surface area contributed by atoms with Crippen LogP contribution < -0.4 is 3.53 Å². The van der Waals surface area contributed by atoms with Gasteiger partial charge in [0.25, 0.3) is 0 Å². The lowest BCUT2D eigenvalue weighted by Crippen LogP contribution is -2.00. The van der Waals surface area contributed by atoms with Gasteiger partial charge in [0.15, 0.2) is 0 Å². The Kier molecular flexibility index (Phi) is 4.10. The molecule has 0 radical (unpaired) electrons. The van der Waals surface area contributed by atoms with Gasteiger partial charge in [-0.3, -0.25) is 3.53 Å². The number of hydrogen-bond donors (Lipinski definition) is 1. The standard InChI is InChI=1S/C8H8Cl2IN/c1-5-2-6(9)3-8(10)7(5)4-12-11/h2-3,12H,4H2,1H3. The van der Waals surface area contributed by atoms with Crippen LogP contribution in [0.5, 0.6) is 0 Å². The van der Waals surface area contributed by atoms with Crippen LogP contribution in [0.3, 0.4) is 0 Å². The average Bonchev–Trinajstić information content (AvgIpc) is 1.96. The van der Waals surface area contributed by atoms with E-state index in [0.29, 0.717) is 5.02 Å². The highest BCUT2D eigenvalue weighted by atomic mass is 127. The maximum Gasteiger partial charge on any atom is 0.0468 e. The maximum atomic E-state index is 5.99. The Labute approximate surface area is 95.9 Å². The first kappa shape index (κ1) is 10.6. The van der Waals surface area contributed by atoms with Crippen molar-refractivity contribution in [1.29, 1.82) is 0 Å². The van der Waals surface area contributed by atoms with Crippen molar-refractivity contribution >= 4 is 46.1 Å². The quantitative estimate of drug-likeness (QED) is 0.647. The topological polar surface area (TPSA) is 12.0 Å². The Hall–Kier alpha value is 0.490. The number of halogens is 3. The minimum atomic E-state index is 0.690. The number of hydrogen-bond acceptors (Lipinski definition) is 1. The molecule has 0 heterocycles. The second kappa shape index (κ2) is 4.65. The lowest BCUT2D eigenvalue weighted by atomic mass is 10.1. The van der Waals surface area contributed by atoms with Gasteiger partial charge in [-0.2, -0.15) is 0 Å². The third kappa shape index (κ3) is 2.49. The highest BCUT2D eigenvalue weighted by Gasteiger charge is 2.04. The molecule has 0 fully saturated rings. The molecule has 1 N–H and O–H groups in total. The number of aryl methyl sites for hydroxylation is 1. The largest absolute Gasteiger partial charge is 0.257 e. The maximum absolute atomic E-state index is 5.99. The molecule has 1 aromatic carbocycles. The van der Waals surface area contributed by atoms with Gasteiger partial charge in [0, 0.05) is 39.5 Å². The summed E-state index contributed by atoms with van der Waals surface area (Å²) < 4.78 is 3.03. The van der Waals surface area contributed by atoms with Crippen molar-refractivity contribution in [2.45, 2.75) is 13.5 Å². The van der Waals surface area contributed by atoms with Crippen LogP contribution >= 0.6 is 46.1 Å². The van der Waals surface area contributed by atoms with Crippen molar-refractivity contribution < 1.29 is 0 Å². The molecule has 0 aliphatic rings. The fraction of sp³-hybridized carbons (Fsp3) is 0.250. The number of benzene rings is 1. The van der Waals surface area contributed by atoms with Crippen LogP contribution in [-0.2, 0) is 6.54 Å². The lowest BCUT2D eigenvalue weighted by Gasteiger charge is -2.07. The predicted molar refractivity (Wildman–Crippen MR) is 62.1 cm³/mol. The highest BCUT2D eigenvalue weighted by Crippen LogP contribution is 2.24. The molecule has 1 nitrogen and oxygen atoms in total. The summed E-state index contributed by atoms with van der Waals surface area (Å²) in [6.07, 6.45) is 0. The predicted octanol–water partition coefficient (Wildman–Crippen LogP) is 3.74. The van der Waals surface area contributed by atoms with E-state index in [9.17, 15) is 0 Å². The van der Waals surface area contributed by atoms with Gasteiger partial charge in [-0.05, 0) is 30.2 Å². The molecular weight excluding hydrogens is 308 g/mol. The monoisotopic (exact) mass is 315 g/mol. The molecule has 0 atom stereocenters. The second-order valence-electron chi connectivity index (χ2n) is 2.49. The Morgan fingerprint density at radius 1 is 1.42 bits per heavy atom. The summed E-state index contributed by atoms with van der Waals surface area (Å²) in [7, 11) is 0. The van der Waals surface area contributed by atoms with Crippen molar-refractivity contribution in [2.75, 3.05) is 0 Å². The van der Waals surface area contributed by atoms with Crippen LogP contribution in [-0.4, -0.2) is 0 Å². The summed E-state index contributed by atoms with van der Waals surface area (Å²) in [5.74, 6) is 0. The van der Waals surface area contributed by atoms with Gasteiger partial charge in [-0.1, -0.05) is 23.2 Å². The van der Waals surface area contributed by atoms with E-state index in [0.717, 1.165) is 22.7 Å². The smallest absolute Gasteiger partial charge is 0.0468 e. The van der Waals surface area contributed by atoms with E-state index < -0.39 is 0 Å². The van der Waals surface area contributed by atoms with Crippen molar-refractivity contribution in [1.82, 2.24) is 3.53 Å². The summed E-state index contributed by atoms with van der Waals surface area (Å²) in [5, 5.41) is 1.42. The van der Waals surface area contributed by atoms with Crippen molar-refractivity contribution in [2.24, 2.45) is 0 Å². The third-order valence-electron chi connectivity index (χ3n) is 1.63. The van der Waals surface area contributed by atoms with E-state index in [-0.39, 0.29) is 0 Å². The molecule has 12 heavy (non-hydrogen) atoms. The molecule has 0 bridgehead atoms. The van der Waals surface area contributed by atoms with Gasteiger partial charge in [0.05, 0.1) is 0 Å². The lowest BCUT2D eigenvalue weighted by molar-refractivity contribution is 0.998. The molecule has 1 aromatic rings. The second-order valence-corrected chi connectivity index (χ2v) is 4.10. The molecule has 0 aliphatic heterocycles. The molecule has 1 rings (SSSR count). The fourth-order valence-corrected chi connectivity index (χ4v) is 2.07. The molecule has 0 saturated heterocycles. The van der Waals surface area contributed by atoms with E-state index in [1.54, 1.807) is 6.07 Å². The Morgan fingerprint density at radius 3 is 2.58 bits per heavy atom. The van der Waals surface area contributed by atoms with E-state index >= 15 is 0 Å². The summed E-state index contributed by atoms with van der Waals surface area (Å²) in [4.78, 5) is 0. The van der Waals surface area contributed by atoms with Crippen LogP contribution in [0.15, 0.2) is 12.1 Å². The van der Waals surface area contributed by atoms with E-state index in [2.05, 4.69) is 26.4 Å². The first-order chi connectivity index (χ1) is 5.65. The Bertz CT molecular complexity index is 265. The van der Waals surface area contributed by atoms with Gasteiger partial charge >= 0.3 is 0 Å². The molecule has 0 saturated carbocycles. The van der Waals surface area contributed by atoms with Crippen LogP contribution in [0.25, 0.3) is 0 Å². The summed E-state index contributed by atoms with van der Waals surface area (Å²) >= 11 is 13.9. The highest BCUT2D eigenvalue weighted by molar-refractivity contribution is 14.1. The van der Waals surface area contributed by atoms with Crippen LogP contribution in [0, 0.1) is 6.92 Å². The molecular formula is C8H8Cl2IN.